The van der Waals surface area contributed by atoms with Crippen LogP contribution in [0.25, 0.3) is 11.1 Å². The maximum Gasteiger partial charge on any atom is 0.201 e. The first-order chi connectivity index (χ1) is 17.0. The minimum absolute atomic E-state index is 0.0694. The van der Waals surface area contributed by atoms with Crippen molar-refractivity contribution in [2.24, 2.45) is 17.8 Å². The average Bonchev–Trinajstić information content (AvgIpc) is 2.88. The lowest BCUT2D eigenvalue weighted by molar-refractivity contribution is 0.157. The summed E-state index contributed by atoms with van der Waals surface area (Å²) in [5, 5.41) is 0. The predicted octanol–water partition coefficient (Wildman–Crippen LogP) is 9.61. The zero-order valence-corrected chi connectivity index (χ0v) is 21.2. The third-order valence-corrected chi connectivity index (χ3v) is 8.41. The molecule has 2 aliphatic rings. The van der Waals surface area contributed by atoms with Gasteiger partial charge in [-0.2, -0.15) is 4.39 Å². The Morgan fingerprint density at radius 1 is 0.829 bits per heavy atom. The summed E-state index contributed by atoms with van der Waals surface area (Å²) >= 11 is 0. The number of allylic oxidation sites excluding steroid dienone is 2. The summed E-state index contributed by atoms with van der Waals surface area (Å²) < 4.78 is 49.0. The Balaban J connectivity index is 1.34. The molecule has 0 bridgehead atoms. The molecule has 4 heteroatoms. The van der Waals surface area contributed by atoms with E-state index in [-0.39, 0.29) is 23.5 Å². The van der Waals surface area contributed by atoms with E-state index >= 15 is 4.39 Å². The van der Waals surface area contributed by atoms with E-state index in [1.165, 1.54) is 69.6 Å². The Morgan fingerprint density at radius 3 is 2.11 bits per heavy atom. The number of rotatable bonds is 8. The topological polar surface area (TPSA) is 9.23 Å². The number of hydrogen-bond donors (Lipinski definition) is 0. The molecule has 2 aromatic rings. The lowest BCUT2D eigenvalue weighted by Crippen LogP contribution is -2.25. The summed E-state index contributed by atoms with van der Waals surface area (Å²) in [5.41, 5.74) is 0.998. The van der Waals surface area contributed by atoms with Gasteiger partial charge < -0.3 is 4.74 Å². The fourth-order valence-corrected chi connectivity index (χ4v) is 6.38. The Kier molecular flexibility index (Phi) is 8.97. The normalized spacial score (nSPS) is 25.2. The van der Waals surface area contributed by atoms with Crippen LogP contribution in [0.15, 0.2) is 42.5 Å². The van der Waals surface area contributed by atoms with Crippen molar-refractivity contribution in [3.8, 4) is 16.9 Å². The van der Waals surface area contributed by atoms with E-state index in [2.05, 4.69) is 19.1 Å². The maximum absolute atomic E-state index is 15.0. The smallest absolute Gasteiger partial charge is 0.201 e. The van der Waals surface area contributed by atoms with Crippen LogP contribution in [-0.2, 0) is 0 Å². The number of ether oxygens (including phenoxy) is 1. The first-order valence-corrected chi connectivity index (χ1v) is 13.5. The largest absolute Gasteiger partial charge is 0.491 e. The highest BCUT2D eigenvalue weighted by Gasteiger charge is 2.31. The first kappa shape index (κ1) is 25.9. The zero-order chi connectivity index (χ0) is 24.8. The van der Waals surface area contributed by atoms with Crippen molar-refractivity contribution in [1.29, 1.82) is 0 Å². The van der Waals surface area contributed by atoms with Gasteiger partial charge in [-0.25, -0.2) is 8.78 Å². The third kappa shape index (κ3) is 6.13. The van der Waals surface area contributed by atoms with Crippen molar-refractivity contribution in [2.75, 3.05) is 6.61 Å². The summed E-state index contributed by atoms with van der Waals surface area (Å²) in [4.78, 5) is 0. The molecular weight excluding hydrogens is 445 g/mol. The number of benzene rings is 2. The van der Waals surface area contributed by atoms with Gasteiger partial charge in [0.25, 0.3) is 0 Å². The van der Waals surface area contributed by atoms with Gasteiger partial charge in [-0.05, 0) is 113 Å². The Bertz CT molecular complexity index is 999. The predicted molar refractivity (Wildman–Crippen MR) is 137 cm³/mol. The molecular formula is C31H39F3O. The molecule has 2 aliphatic carbocycles. The van der Waals surface area contributed by atoms with Crippen molar-refractivity contribution in [2.45, 2.75) is 84.0 Å². The second kappa shape index (κ2) is 12.1. The van der Waals surface area contributed by atoms with Crippen LogP contribution in [0.2, 0.25) is 0 Å². The van der Waals surface area contributed by atoms with E-state index in [0.717, 1.165) is 36.2 Å². The molecule has 0 aliphatic heterocycles. The molecule has 0 atom stereocenters. The van der Waals surface area contributed by atoms with E-state index in [0.29, 0.717) is 5.92 Å². The third-order valence-electron chi connectivity index (χ3n) is 8.41. The summed E-state index contributed by atoms with van der Waals surface area (Å²) in [5.74, 6) is 0.104. The Hall–Kier alpha value is -2.23. The summed E-state index contributed by atoms with van der Waals surface area (Å²) in [6.45, 7) is 4.03. The summed E-state index contributed by atoms with van der Waals surface area (Å²) in [6.07, 6.45) is 17.0. The van der Waals surface area contributed by atoms with E-state index in [9.17, 15) is 8.78 Å². The molecule has 0 amide bonds. The highest BCUT2D eigenvalue weighted by molar-refractivity contribution is 5.66. The highest BCUT2D eigenvalue weighted by Crippen LogP contribution is 2.45. The van der Waals surface area contributed by atoms with Gasteiger partial charge in [0.05, 0.1) is 6.61 Å². The van der Waals surface area contributed by atoms with Crippen LogP contribution in [-0.4, -0.2) is 6.61 Å². The quantitative estimate of drug-likeness (QED) is 0.339. The molecule has 1 nitrogen and oxygen atoms in total. The van der Waals surface area contributed by atoms with Crippen molar-refractivity contribution < 1.29 is 17.9 Å². The van der Waals surface area contributed by atoms with Crippen LogP contribution >= 0.6 is 0 Å². The molecule has 2 aromatic carbocycles. The van der Waals surface area contributed by atoms with E-state index in [1.54, 1.807) is 13.0 Å². The molecule has 0 N–H and O–H groups in total. The van der Waals surface area contributed by atoms with Crippen molar-refractivity contribution in [3.63, 3.8) is 0 Å². The van der Waals surface area contributed by atoms with Gasteiger partial charge in [-0.1, -0.05) is 37.1 Å². The van der Waals surface area contributed by atoms with E-state index < -0.39 is 17.5 Å². The Labute approximate surface area is 208 Å². The van der Waals surface area contributed by atoms with Gasteiger partial charge in [-0.3, -0.25) is 0 Å². The minimum atomic E-state index is -1.07. The van der Waals surface area contributed by atoms with Gasteiger partial charge in [0.2, 0.25) is 5.82 Å². The summed E-state index contributed by atoms with van der Waals surface area (Å²) in [6, 6.07) is 7.78. The second-order valence-corrected chi connectivity index (χ2v) is 10.5. The van der Waals surface area contributed by atoms with Crippen LogP contribution < -0.4 is 4.74 Å². The molecule has 0 aromatic heterocycles. The molecule has 0 saturated heterocycles. The highest BCUT2D eigenvalue weighted by atomic mass is 19.2. The average molecular weight is 485 g/mol. The monoisotopic (exact) mass is 484 g/mol. The van der Waals surface area contributed by atoms with Crippen LogP contribution in [0.3, 0.4) is 0 Å². The van der Waals surface area contributed by atoms with Gasteiger partial charge in [0, 0.05) is 11.1 Å². The first-order valence-electron chi connectivity index (χ1n) is 13.5. The molecule has 0 radical (unpaired) electrons. The van der Waals surface area contributed by atoms with Crippen molar-refractivity contribution in [1.82, 2.24) is 0 Å². The number of halogens is 3. The van der Waals surface area contributed by atoms with Crippen LogP contribution in [0.5, 0.6) is 5.75 Å². The Morgan fingerprint density at radius 2 is 1.49 bits per heavy atom. The fraction of sp³-hybridized carbons (Fsp3) is 0.548. The van der Waals surface area contributed by atoms with Gasteiger partial charge in [0.15, 0.2) is 11.6 Å². The molecule has 0 spiro atoms. The second-order valence-electron chi connectivity index (χ2n) is 10.5. The van der Waals surface area contributed by atoms with Crippen LogP contribution in [0.1, 0.15) is 89.5 Å². The van der Waals surface area contributed by atoms with E-state index in [4.69, 9.17) is 4.74 Å². The molecule has 190 valence electrons. The molecule has 0 heterocycles. The van der Waals surface area contributed by atoms with Crippen molar-refractivity contribution in [3.05, 3.63) is 65.5 Å². The molecule has 0 unspecified atom stereocenters. The lowest BCUT2D eigenvalue weighted by Gasteiger charge is -2.38. The summed E-state index contributed by atoms with van der Waals surface area (Å²) in [7, 11) is 0. The zero-order valence-electron chi connectivity index (χ0n) is 21.2. The fourth-order valence-electron chi connectivity index (χ4n) is 6.38. The van der Waals surface area contributed by atoms with Crippen molar-refractivity contribution >= 4 is 0 Å². The van der Waals surface area contributed by atoms with Gasteiger partial charge in [0.1, 0.15) is 5.82 Å². The van der Waals surface area contributed by atoms with Crippen LogP contribution in [0, 0.1) is 35.2 Å². The molecule has 35 heavy (non-hydrogen) atoms. The van der Waals surface area contributed by atoms with Crippen LogP contribution in [0.4, 0.5) is 13.2 Å². The SMILES string of the molecule is CC=CCCC1CCC(C2CCC(c3ccc(-c4ccc(OCC)c(F)c4F)c(F)c3)CC2)CC1. The number of hydrogen-bond acceptors (Lipinski definition) is 1. The molecule has 2 saturated carbocycles. The minimum Gasteiger partial charge on any atom is -0.491 e. The molecule has 4 rings (SSSR count). The van der Waals surface area contributed by atoms with E-state index in [1.807, 2.05) is 6.07 Å². The van der Waals surface area contributed by atoms with Gasteiger partial charge >= 0.3 is 0 Å². The standard InChI is InChI=1S/C31H39F3O/c1-3-5-6-7-21-8-10-22(11-9-21)23-12-14-24(15-13-23)25-16-17-26(28(32)20-25)27-18-19-29(35-4-2)31(34)30(27)33/h3,5,16-24H,4,6-15H2,1-2H3. The maximum atomic E-state index is 15.0. The lowest BCUT2D eigenvalue weighted by atomic mass is 9.68. The molecule has 2 fully saturated rings. The van der Waals surface area contributed by atoms with Gasteiger partial charge in [-0.15, -0.1) is 0 Å².